The Morgan fingerprint density at radius 1 is 0.437 bits per heavy atom. The second-order valence-corrected chi connectivity index (χ2v) is 19.8. The Morgan fingerprint density at radius 2 is 0.775 bits per heavy atom. The van der Waals surface area contributed by atoms with Gasteiger partial charge in [-0.25, -0.2) is 32.6 Å². The van der Waals surface area contributed by atoms with Gasteiger partial charge < -0.3 is 0 Å². The van der Waals surface area contributed by atoms with Crippen molar-refractivity contribution in [1.82, 2.24) is 0 Å². The predicted molar refractivity (Wildman–Crippen MR) is 236 cm³/mol. The Bertz CT molecular complexity index is 3390. The lowest BCUT2D eigenvalue weighted by atomic mass is 10.0. The fourth-order valence-electron chi connectivity index (χ4n) is 5.71. The number of benzene rings is 6. The number of hydrogen-bond acceptors (Lipinski definition) is 10. The molecule has 6 rings (SSSR count). The molecule has 0 aromatic heterocycles. The molecule has 0 saturated carbocycles. The van der Waals surface area contributed by atoms with Crippen molar-refractivity contribution in [1.29, 1.82) is 0 Å². The van der Waals surface area contributed by atoms with E-state index in [0.29, 0.717) is 34.9 Å². The number of nitrogens with two attached hydrogens (primary N) is 3. The summed E-state index contributed by atoms with van der Waals surface area (Å²) in [5.74, 6) is -2.51. The number of anilines is 3. The highest BCUT2D eigenvalue weighted by atomic mass is 32.2. The maximum Gasteiger partial charge on any atom is 0.501 e. The number of nitrogens with one attached hydrogen (secondary N) is 3. The zero-order valence-corrected chi connectivity index (χ0v) is 37.9. The van der Waals surface area contributed by atoms with E-state index in [4.69, 9.17) is 15.4 Å². The fraction of sp³-hybridized carbons (Fsp3) is 0.0769. The largest absolute Gasteiger partial charge is 0.501 e. The first kappa shape index (κ1) is 56.6. The lowest BCUT2D eigenvalue weighted by Gasteiger charge is -2.11. The maximum absolute atomic E-state index is 13.8. The third-order valence-corrected chi connectivity index (χ3v) is 11.8. The number of halogens is 11. The molecule has 0 fully saturated rings. The molecule has 0 aliphatic carbocycles. The monoisotopic (exact) mass is 1090 g/mol. The van der Waals surface area contributed by atoms with E-state index in [0.717, 1.165) is 42.5 Å². The van der Waals surface area contributed by atoms with Crippen LogP contribution >= 0.6 is 0 Å². The van der Waals surface area contributed by atoms with E-state index in [1.807, 2.05) is 4.72 Å². The van der Waals surface area contributed by atoms with Gasteiger partial charge in [-0.2, -0.15) is 64.8 Å². The van der Waals surface area contributed by atoms with Crippen molar-refractivity contribution in [3.05, 3.63) is 160 Å². The number of hydrogen-bond donors (Lipinski definition) is 6. The summed E-state index contributed by atoms with van der Waals surface area (Å²) in [5.41, 5.74) is -7.69. The first-order chi connectivity index (χ1) is 32.3. The number of nitro groups is 1. The van der Waals surface area contributed by atoms with Crippen LogP contribution < -0.4 is 29.6 Å². The minimum Gasteiger partial charge on any atom is -0.271 e. The molecule has 0 saturated heterocycles. The topological polar surface area (TPSA) is 294 Å². The summed E-state index contributed by atoms with van der Waals surface area (Å²) in [5, 5.41) is 25.2. The van der Waals surface area contributed by atoms with Crippen LogP contribution in [0.15, 0.2) is 132 Å². The van der Waals surface area contributed by atoms with E-state index in [9.17, 15) is 92.1 Å². The molecule has 9 N–H and O–H groups in total. The Kier molecular flexibility index (Phi) is 16.9. The molecule has 6 aromatic rings. The lowest BCUT2D eigenvalue weighted by Crippen LogP contribution is -2.23. The molecule has 0 amide bonds. The van der Waals surface area contributed by atoms with Crippen LogP contribution in [0.5, 0.6) is 0 Å². The van der Waals surface area contributed by atoms with Crippen molar-refractivity contribution in [3.8, 4) is 33.4 Å². The summed E-state index contributed by atoms with van der Waals surface area (Å²) in [6, 6.07) is 23.1. The minimum absolute atomic E-state index is 0.00319. The molecule has 0 unspecified atom stereocenters. The summed E-state index contributed by atoms with van der Waals surface area (Å²) in [4.78, 5) is 8.91. The van der Waals surface area contributed by atoms with Gasteiger partial charge in [0.05, 0.1) is 21.1 Å². The summed E-state index contributed by atoms with van der Waals surface area (Å²) in [6.45, 7) is 0. The molecule has 71 heavy (non-hydrogen) atoms. The van der Waals surface area contributed by atoms with Crippen LogP contribution in [-0.4, -0.2) is 44.1 Å². The van der Waals surface area contributed by atoms with Gasteiger partial charge in [0.25, 0.3) is 46.2 Å². The van der Waals surface area contributed by atoms with Crippen LogP contribution in [-0.2, 0) is 52.8 Å². The number of alkyl halides is 9. The number of sulfone groups is 1. The zero-order valence-electron chi connectivity index (χ0n) is 34.7. The van der Waals surface area contributed by atoms with E-state index in [1.165, 1.54) is 66.7 Å². The average Bonchev–Trinajstić information content (AvgIpc) is 3.22. The van der Waals surface area contributed by atoms with Crippen LogP contribution in [0.3, 0.4) is 0 Å². The van der Waals surface area contributed by atoms with Crippen LogP contribution in [0.2, 0.25) is 0 Å². The van der Waals surface area contributed by atoms with E-state index in [-0.39, 0.29) is 28.1 Å². The van der Waals surface area contributed by atoms with Crippen molar-refractivity contribution in [2.45, 2.75) is 22.8 Å². The second kappa shape index (κ2) is 21.2. The molecular weight excluding hydrogens is 1060 g/mol. The van der Waals surface area contributed by atoms with Gasteiger partial charge in [-0.1, -0.05) is 54.6 Å². The molecule has 0 heterocycles. The van der Waals surface area contributed by atoms with E-state index < -0.39 is 102 Å². The smallest absolute Gasteiger partial charge is 0.271 e. The fourth-order valence-corrected chi connectivity index (χ4v) is 7.87. The van der Waals surface area contributed by atoms with Gasteiger partial charge in [0.2, 0.25) is 0 Å². The first-order valence-electron chi connectivity index (χ1n) is 18.4. The summed E-state index contributed by atoms with van der Waals surface area (Å²) < 4.78 is 234. The van der Waals surface area contributed by atoms with Gasteiger partial charge in [-0.05, 0) is 100 Å². The van der Waals surface area contributed by atoms with E-state index in [1.54, 1.807) is 4.72 Å². The molecule has 0 radical (unpaired) electrons. The molecule has 382 valence electrons. The standard InChI is InChI=1S/C13H9F5N2O2S.C13H10F3N3O4S.C13H11F3N2O4S2/c14-10-5-7(1-3-9(10)13(16,17)18)8-2-4-12(11(15)6-8)20-23(19,21)22;14-13(15,16)11-6-3-9(7-12(11)19(20)21)8-1-4-10(5-2-8)18-24(17,22)23;14-13(15,16)23(19,20)12-7-3-10(4-8-12)9-1-5-11(6-2-9)18-24(17,21)22/h1-6,20H,(H2,19,21,22);1-7,18H,(H2,17,22,23);1-8,18H,(H2,17,21,22). The van der Waals surface area contributed by atoms with E-state index >= 15 is 0 Å². The zero-order chi connectivity index (χ0) is 53.7. The SMILES string of the molecule is NS(=O)(=O)Nc1ccc(-c2ccc(C(F)(F)F)c(F)c2)cc1F.NS(=O)(=O)Nc1ccc(-c2ccc(C(F)(F)F)c([N+](=O)[O-])c2)cc1.NS(=O)(=O)Nc1ccc(-c2ccc(S(=O)(=O)C(F)(F)F)cc2)cc1. The molecule has 0 atom stereocenters. The number of nitrogens with zero attached hydrogens (tertiary/aromatic N) is 1. The molecule has 6 aromatic carbocycles. The van der Waals surface area contributed by atoms with Crippen LogP contribution in [0.4, 0.5) is 71.0 Å². The second-order valence-electron chi connectivity index (χ2n) is 13.9. The molecule has 17 nitrogen and oxygen atoms in total. The third kappa shape index (κ3) is 16.3. The van der Waals surface area contributed by atoms with Crippen molar-refractivity contribution in [2.75, 3.05) is 14.2 Å². The Balaban J connectivity index is 0.000000231. The predicted octanol–water partition coefficient (Wildman–Crippen LogP) is 8.42. The molecule has 0 bridgehead atoms. The quantitative estimate of drug-likeness (QED) is 0.0409. The van der Waals surface area contributed by atoms with Crippen molar-refractivity contribution in [3.63, 3.8) is 0 Å². The molecule has 0 spiro atoms. The highest BCUT2D eigenvalue weighted by Gasteiger charge is 2.46. The van der Waals surface area contributed by atoms with Gasteiger partial charge in [-0.15, -0.1) is 0 Å². The first-order valence-corrected chi connectivity index (χ1v) is 24.5. The minimum atomic E-state index is -5.39. The summed E-state index contributed by atoms with van der Waals surface area (Å²) in [7, 11) is -17.4. The normalized spacial score (nSPS) is 12.4. The van der Waals surface area contributed by atoms with Crippen molar-refractivity contribution < 1.29 is 86.9 Å². The highest BCUT2D eigenvalue weighted by Crippen LogP contribution is 2.39. The van der Waals surface area contributed by atoms with Crippen molar-refractivity contribution in [2.24, 2.45) is 15.4 Å². The third-order valence-electron chi connectivity index (χ3n) is 8.75. The molecule has 0 aliphatic rings. The van der Waals surface area contributed by atoms with Gasteiger partial charge in [-0.3, -0.25) is 24.3 Å². The summed E-state index contributed by atoms with van der Waals surface area (Å²) >= 11 is 0. The Morgan fingerprint density at radius 3 is 1.13 bits per heavy atom. The average molecular weight is 1090 g/mol. The lowest BCUT2D eigenvalue weighted by molar-refractivity contribution is -0.388. The van der Waals surface area contributed by atoms with Gasteiger partial charge in [0, 0.05) is 17.4 Å². The van der Waals surface area contributed by atoms with Gasteiger partial charge in [0.1, 0.15) is 17.2 Å². The number of nitro benzene ring substituents is 1. The molecule has 0 aliphatic heterocycles. The van der Waals surface area contributed by atoms with Crippen LogP contribution in [0, 0.1) is 21.7 Å². The maximum atomic E-state index is 13.8. The van der Waals surface area contributed by atoms with Crippen LogP contribution in [0.25, 0.3) is 33.4 Å². The Hall–Kier alpha value is -6.97. The van der Waals surface area contributed by atoms with Crippen LogP contribution in [0.1, 0.15) is 11.1 Å². The highest BCUT2D eigenvalue weighted by molar-refractivity contribution is 7.92. The molecule has 32 heteroatoms. The molecular formula is C39H30F11N7O10S4. The van der Waals surface area contributed by atoms with Gasteiger partial charge >= 0.3 is 17.9 Å². The van der Waals surface area contributed by atoms with Crippen molar-refractivity contribution >= 4 is 63.2 Å². The summed E-state index contributed by atoms with van der Waals surface area (Å²) in [6.07, 6.45) is -9.68. The van der Waals surface area contributed by atoms with E-state index in [2.05, 4.69) is 4.72 Å². The van der Waals surface area contributed by atoms with Gasteiger partial charge in [0.15, 0.2) is 0 Å². The number of rotatable bonds is 11. The Labute approximate surface area is 394 Å².